The number of halogens is 1. The van der Waals surface area contributed by atoms with Crippen molar-refractivity contribution in [3.05, 3.63) is 53.3 Å². The summed E-state index contributed by atoms with van der Waals surface area (Å²) in [5.74, 6) is -0.222. The van der Waals surface area contributed by atoms with Crippen LogP contribution in [0.1, 0.15) is 30.2 Å². The number of nitrogens with zero attached hydrogens (tertiary/aromatic N) is 3. The molecule has 0 bridgehead atoms. The summed E-state index contributed by atoms with van der Waals surface area (Å²) < 4.78 is 1.85. The van der Waals surface area contributed by atoms with Gasteiger partial charge in [0.05, 0.1) is 18.1 Å². The number of amides is 1. The molecule has 0 fully saturated rings. The summed E-state index contributed by atoms with van der Waals surface area (Å²) in [4.78, 5) is 16.6. The third-order valence-corrected chi connectivity index (χ3v) is 3.50. The number of hydrogen-bond donors (Lipinski definition) is 1. The highest BCUT2D eigenvalue weighted by Gasteiger charge is 2.10. The minimum Gasteiger partial charge on any atom is -0.321 e. The van der Waals surface area contributed by atoms with Gasteiger partial charge in [0.1, 0.15) is 0 Å². The van der Waals surface area contributed by atoms with Gasteiger partial charge in [0.25, 0.3) is 5.91 Å². The lowest BCUT2D eigenvalue weighted by molar-refractivity contribution is 0.102. The van der Waals surface area contributed by atoms with Gasteiger partial charge in [-0.15, -0.1) is 0 Å². The number of fused-ring (bicyclic) bond motifs is 1. The van der Waals surface area contributed by atoms with Crippen LogP contribution in [0.3, 0.4) is 0 Å². The third kappa shape index (κ3) is 2.80. The van der Waals surface area contributed by atoms with Gasteiger partial charge in [-0.05, 0) is 38.1 Å². The normalized spacial score (nSPS) is 11.1. The zero-order valence-corrected chi connectivity index (χ0v) is 13.0. The van der Waals surface area contributed by atoms with Gasteiger partial charge < -0.3 is 5.32 Å². The molecule has 0 aliphatic heterocycles. The van der Waals surface area contributed by atoms with Crippen molar-refractivity contribution >= 4 is 34.2 Å². The Bertz CT molecular complexity index is 841. The first-order chi connectivity index (χ1) is 10.5. The van der Waals surface area contributed by atoms with E-state index in [4.69, 9.17) is 11.6 Å². The number of benzene rings is 1. The van der Waals surface area contributed by atoms with Crippen LogP contribution in [0.15, 0.2) is 42.7 Å². The van der Waals surface area contributed by atoms with Crippen LogP contribution in [0.2, 0.25) is 5.02 Å². The molecule has 0 atom stereocenters. The van der Waals surface area contributed by atoms with E-state index in [1.54, 1.807) is 36.7 Å². The second kappa shape index (κ2) is 5.77. The molecule has 112 valence electrons. The molecule has 0 aliphatic rings. The van der Waals surface area contributed by atoms with Crippen LogP contribution in [0.4, 0.5) is 5.69 Å². The molecule has 22 heavy (non-hydrogen) atoms. The molecule has 1 amide bonds. The number of carbonyl (C=O) groups excluding carboxylic acids is 1. The topological polar surface area (TPSA) is 59.8 Å². The number of carbonyl (C=O) groups is 1. The van der Waals surface area contributed by atoms with Gasteiger partial charge in [-0.25, -0.2) is 9.67 Å². The maximum atomic E-state index is 12.2. The minimum absolute atomic E-state index is 0.222. The van der Waals surface area contributed by atoms with Crippen molar-refractivity contribution in [1.29, 1.82) is 0 Å². The first-order valence-electron chi connectivity index (χ1n) is 6.95. The number of rotatable bonds is 3. The Morgan fingerprint density at radius 1 is 1.27 bits per heavy atom. The van der Waals surface area contributed by atoms with Crippen LogP contribution in [0, 0.1) is 0 Å². The van der Waals surface area contributed by atoms with E-state index in [0.29, 0.717) is 16.3 Å². The van der Waals surface area contributed by atoms with Gasteiger partial charge in [-0.3, -0.25) is 4.79 Å². The number of anilines is 1. The molecule has 3 rings (SSSR count). The van der Waals surface area contributed by atoms with Crippen LogP contribution < -0.4 is 5.32 Å². The summed E-state index contributed by atoms with van der Waals surface area (Å²) in [6.07, 6.45) is 3.38. The second-order valence-electron chi connectivity index (χ2n) is 5.28. The summed E-state index contributed by atoms with van der Waals surface area (Å²) in [6, 6.07) is 8.90. The smallest absolute Gasteiger partial charge is 0.255 e. The Hall–Kier alpha value is -2.40. The van der Waals surface area contributed by atoms with E-state index >= 15 is 0 Å². The molecule has 1 N–H and O–H groups in total. The highest BCUT2D eigenvalue weighted by Crippen LogP contribution is 2.20. The first-order valence-corrected chi connectivity index (χ1v) is 7.32. The lowest BCUT2D eigenvalue weighted by atomic mass is 10.2. The van der Waals surface area contributed by atoms with Crippen molar-refractivity contribution in [2.75, 3.05) is 5.32 Å². The number of aromatic nitrogens is 3. The van der Waals surface area contributed by atoms with E-state index in [-0.39, 0.29) is 11.9 Å². The molecule has 5 nitrogen and oxygen atoms in total. The fraction of sp³-hybridized carbons (Fsp3) is 0.188. The Morgan fingerprint density at radius 2 is 2.09 bits per heavy atom. The maximum absolute atomic E-state index is 12.2. The molecule has 0 radical (unpaired) electrons. The van der Waals surface area contributed by atoms with E-state index in [1.165, 1.54) is 0 Å². The standard InChI is InChI=1S/C16H15ClN4O/c1-10(2)21-15-12(8-19-21)7-14(9-18-15)20-16(22)11-4-3-5-13(17)6-11/h3-10H,1-2H3,(H,20,22). The predicted octanol–water partition coefficient (Wildman–Crippen LogP) is 3.92. The average Bonchev–Trinajstić information content (AvgIpc) is 2.90. The molecule has 3 aromatic rings. The lowest BCUT2D eigenvalue weighted by Crippen LogP contribution is -2.12. The van der Waals surface area contributed by atoms with Crippen LogP contribution in [0.25, 0.3) is 11.0 Å². The summed E-state index contributed by atoms with van der Waals surface area (Å²) in [6.45, 7) is 4.09. The number of pyridine rings is 1. The van der Waals surface area contributed by atoms with Gasteiger partial charge in [-0.1, -0.05) is 17.7 Å². The van der Waals surface area contributed by atoms with Gasteiger partial charge in [0, 0.05) is 22.0 Å². The van der Waals surface area contributed by atoms with E-state index in [0.717, 1.165) is 11.0 Å². The van der Waals surface area contributed by atoms with Crippen LogP contribution in [0.5, 0.6) is 0 Å². The summed E-state index contributed by atoms with van der Waals surface area (Å²) in [5, 5.41) is 8.54. The van der Waals surface area contributed by atoms with E-state index in [2.05, 4.69) is 15.4 Å². The van der Waals surface area contributed by atoms with E-state index in [1.807, 2.05) is 24.6 Å². The molecule has 0 aliphatic carbocycles. The highest BCUT2D eigenvalue weighted by atomic mass is 35.5. The zero-order valence-electron chi connectivity index (χ0n) is 12.2. The summed E-state index contributed by atoms with van der Waals surface area (Å²) in [7, 11) is 0. The molecule has 0 unspecified atom stereocenters. The quantitative estimate of drug-likeness (QED) is 0.797. The van der Waals surface area contributed by atoms with Crippen molar-refractivity contribution in [2.45, 2.75) is 19.9 Å². The molecule has 6 heteroatoms. The van der Waals surface area contributed by atoms with E-state index in [9.17, 15) is 4.79 Å². The maximum Gasteiger partial charge on any atom is 0.255 e. The predicted molar refractivity (Wildman–Crippen MR) is 87.3 cm³/mol. The lowest BCUT2D eigenvalue weighted by Gasteiger charge is -2.08. The number of nitrogens with one attached hydrogen (secondary N) is 1. The summed E-state index contributed by atoms with van der Waals surface area (Å²) >= 11 is 5.90. The molecular weight excluding hydrogens is 300 g/mol. The van der Waals surface area contributed by atoms with Crippen LogP contribution in [-0.4, -0.2) is 20.7 Å². The third-order valence-electron chi connectivity index (χ3n) is 3.27. The van der Waals surface area contributed by atoms with Crippen molar-refractivity contribution in [3.63, 3.8) is 0 Å². The minimum atomic E-state index is -0.222. The van der Waals surface area contributed by atoms with Crippen molar-refractivity contribution < 1.29 is 4.79 Å². The fourth-order valence-electron chi connectivity index (χ4n) is 2.22. The van der Waals surface area contributed by atoms with E-state index < -0.39 is 0 Å². The molecule has 2 heterocycles. The Labute approximate surface area is 132 Å². The Morgan fingerprint density at radius 3 is 2.82 bits per heavy atom. The Balaban J connectivity index is 1.86. The molecule has 0 spiro atoms. The van der Waals surface area contributed by atoms with Crippen molar-refractivity contribution in [2.24, 2.45) is 0 Å². The molecule has 0 saturated heterocycles. The van der Waals surface area contributed by atoms with Gasteiger partial charge >= 0.3 is 0 Å². The average molecular weight is 315 g/mol. The fourth-order valence-corrected chi connectivity index (χ4v) is 2.41. The molecule has 0 saturated carbocycles. The monoisotopic (exact) mass is 314 g/mol. The first kappa shape index (κ1) is 14.5. The van der Waals surface area contributed by atoms with Gasteiger partial charge in [0.2, 0.25) is 0 Å². The Kier molecular flexibility index (Phi) is 3.81. The van der Waals surface area contributed by atoms with Gasteiger partial charge in [0.15, 0.2) is 5.65 Å². The SMILES string of the molecule is CC(C)n1ncc2cc(NC(=O)c3cccc(Cl)c3)cnc21. The second-order valence-corrected chi connectivity index (χ2v) is 5.72. The van der Waals surface area contributed by atoms with Crippen LogP contribution in [-0.2, 0) is 0 Å². The number of hydrogen-bond acceptors (Lipinski definition) is 3. The largest absolute Gasteiger partial charge is 0.321 e. The zero-order chi connectivity index (χ0) is 15.7. The molecule has 2 aromatic heterocycles. The van der Waals surface area contributed by atoms with Crippen molar-refractivity contribution in [1.82, 2.24) is 14.8 Å². The van der Waals surface area contributed by atoms with Gasteiger partial charge in [-0.2, -0.15) is 5.10 Å². The van der Waals surface area contributed by atoms with Crippen LogP contribution >= 0.6 is 11.6 Å². The summed E-state index contributed by atoms with van der Waals surface area (Å²) in [5.41, 5.74) is 1.93. The molecular formula is C16H15ClN4O. The molecule has 1 aromatic carbocycles. The van der Waals surface area contributed by atoms with Crippen molar-refractivity contribution in [3.8, 4) is 0 Å². The highest BCUT2D eigenvalue weighted by molar-refractivity contribution is 6.31.